The summed E-state index contributed by atoms with van der Waals surface area (Å²) < 4.78 is 25.6. The van der Waals surface area contributed by atoms with Crippen LogP contribution in [0.4, 0.5) is 0 Å². The Morgan fingerprint density at radius 1 is 1.33 bits per heavy atom. The summed E-state index contributed by atoms with van der Waals surface area (Å²) in [5, 5.41) is 0. The van der Waals surface area contributed by atoms with Crippen molar-refractivity contribution in [3.63, 3.8) is 0 Å². The van der Waals surface area contributed by atoms with E-state index in [-0.39, 0.29) is 22.8 Å². The van der Waals surface area contributed by atoms with Crippen LogP contribution in [0.15, 0.2) is 0 Å². The average molecular weight is 168 g/mol. The molecule has 0 aliphatic carbocycles. The number of hydrogen-bond donors (Lipinski definition) is 0. The van der Waals surface area contributed by atoms with Crippen molar-refractivity contribution >= 4 is 0 Å². The molecule has 0 unspecified atom stereocenters. The first-order chi connectivity index (χ1) is 1.73. The molecule has 0 spiro atoms. The third-order valence-electron chi connectivity index (χ3n) is 0. The predicted octanol–water partition coefficient (Wildman–Crippen LogP) is -2.62. The summed E-state index contributed by atoms with van der Waals surface area (Å²) in [7, 11) is 0. The first-order valence-corrected chi connectivity index (χ1v) is 2.06. The molecule has 0 heterocycles. The van der Waals surface area contributed by atoms with Gasteiger partial charge in [0.25, 0.3) is 0 Å². The van der Waals surface area contributed by atoms with Crippen molar-refractivity contribution in [1.82, 2.24) is 0 Å². The summed E-state index contributed by atoms with van der Waals surface area (Å²) in [4.78, 5) is 0. The van der Waals surface area contributed by atoms with Gasteiger partial charge in [0.1, 0.15) is 0 Å². The Kier molecular flexibility index (Phi) is 24.4. The van der Waals surface area contributed by atoms with E-state index in [9.17, 15) is 0 Å². The van der Waals surface area contributed by atoms with Gasteiger partial charge in [0.2, 0.25) is 0 Å². The maximum absolute atomic E-state index is 8.54. The first kappa shape index (κ1) is 15.9. The van der Waals surface area contributed by atoms with E-state index in [1.165, 1.54) is 0 Å². The Morgan fingerprint density at radius 2 is 1.33 bits per heavy atom. The molecule has 0 aromatic heterocycles. The molecule has 0 rings (SSSR count). The van der Waals surface area contributed by atoms with Crippen LogP contribution in [0.5, 0.6) is 0 Å². The van der Waals surface area contributed by atoms with Gasteiger partial charge in [-0.05, 0) is 0 Å². The van der Waals surface area contributed by atoms with Crippen LogP contribution in [0.25, 0.3) is 0 Å². The zero-order chi connectivity index (χ0) is 3.58. The van der Waals surface area contributed by atoms with Gasteiger partial charge in [-0.3, -0.25) is 0 Å². The van der Waals surface area contributed by atoms with Gasteiger partial charge in [-0.15, -0.1) is 0 Å². The molecule has 6 heavy (non-hydrogen) atoms. The number of hydrogen-bond acceptors (Lipinski definition) is 3. The fraction of sp³-hybridized carbons (Fsp3) is 0. The Balaban J connectivity index is -0.0000000450. The van der Waals surface area contributed by atoms with Gasteiger partial charge in [0.15, 0.2) is 0 Å². The summed E-state index contributed by atoms with van der Waals surface area (Å²) in [6, 6.07) is 0. The van der Waals surface area contributed by atoms with Gasteiger partial charge in [0.05, 0.1) is 0 Å². The standard InChI is InChI=1S/2Cr.4O/q;+4;;-2;2*-1. The third-order valence-corrected chi connectivity index (χ3v) is 0. The second-order valence-corrected chi connectivity index (χ2v) is 0.842. The molecule has 0 bridgehead atoms. The van der Waals surface area contributed by atoms with Crippen LogP contribution in [-0.4, -0.2) is 0 Å². The van der Waals surface area contributed by atoms with Gasteiger partial charge in [-0.2, -0.15) is 0 Å². The van der Waals surface area contributed by atoms with E-state index in [1.54, 1.807) is 0 Å². The van der Waals surface area contributed by atoms with Crippen molar-refractivity contribution in [1.29, 1.82) is 0 Å². The van der Waals surface area contributed by atoms with E-state index >= 15 is 0 Å². The minimum atomic E-state index is -3.79. The molecule has 4 nitrogen and oxygen atoms in total. The minimum absolute atomic E-state index is 0. The molecule has 6 heteroatoms. The van der Waals surface area contributed by atoms with Crippen LogP contribution in [-0.2, 0) is 41.4 Å². The normalized spacial score (nSPS) is 5.83. The molecule has 0 aromatic rings. The molecule has 0 saturated carbocycles. The summed E-state index contributed by atoms with van der Waals surface area (Å²) in [5.74, 6) is 0. The zero-order valence-electron chi connectivity index (χ0n) is 2.45. The molecule has 0 N–H and O–H groups in total. The average Bonchev–Trinajstić information content (AvgIpc) is 0.811. The van der Waals surface area contributed by atoms with Gasteiger partial charge in [0, 0.05) is 0 Å². The second-order valence-electron chi connectivity index (χ2n) is 0.204. The second kappa shape index (κ2) is 9.22. The molecule has 0 aliphatic rings. The fourth-order valence-corrected chi connectivity index (χ4v) is 0. The molecule has 0 aliphatic heterocycles. The zero-order valence-corrected chi connectivity index (χ0v) is 5.00. The molecule has 0 amide bonds. The van der Waals surface area contributed by atoms with Crippen molar-refractivity contribution in [2.75, 3.05) is 0 Å². The summed E-state index contributed by atoms with van der Waals surface area (Å²) in [6.07, 6.45) is 0. The Morgan fingerprint density at radius 3 is 1.33 bits per heavy atom. The molecule has 36 valence electrons. The fourth-order valence-electron chi connectivity index (χ4n) is 0. The summed E-state index contributed by atoms with van der Waals surface area (Å²) in [6.45, 7) is 0. The van der Waals surface area contributed by atoms with Crippen molar-refractivity contribution in [3.8, 4) is 0 Å². The van der Waals surface area contributed by atoms with Crippen molar-refractivity contribution < 1.29 is 49.7 Å². The van der Waals surface area contributed by atoms with Gasteiger partial charge >= 0.3 is 44.2 Å². The quantitative estimate of drug-likeness (QED) is 0.396. The molecule has 0 saturated heterocycles. The van der Waals surface area contributed by atoms with E-state index in [0.29, 0.717) is 0 Å². The van der Waals surface area contributed by atoms with Crippen LogP contribution in [0.2, 0.25) is 0 Å². The van der Waals surface area contributed by atoms with E-state index in [4.69, 9.17) is 12.1 Å². The monoisotopic (exact) mass is 168 g/mol. The first-order valence-electron chi connectivity index (χ1n) is 0.500. The molecule has 0 atom stereocenters. The van der Waals surface area contributed by atoms with E-state index in [0.717, 1.165) is 0 Å². The number of rotatable bonds is 0. The maximum atomic E-state index is 8.54. The molecule has 0 fully saturated rings. The van der Waals surface area contributed by atoms with Crippen molar-refractivity contribution in [2.24, 2.45) is 0 Å². The van der Waals surface area contributed by atoms with Gasteiger partial charge < -0.3 is 5.48 Å². The SMILES string of the molecule is [Cr+4].[O-2].[O]=[Cr]([O-])[O-]. The molecule has 0 radical (unpaired) electrons. The Labute approximate surface area is 50.1 Å². The summed E-state index contributed by atoms with van der Waals surface area (Å²) >= 11 is -3.79. The Hall–Kier alpha value is 0.745. The van der Waals surface area contributed by atoms with E-state index in [1.807, 2.05) is 0 Å². The van der Waals surface area contributed by atoms with E-state index < -0.39 is 14.8 Å². The van der Waals surface area contributed by atoms with Crippen molar-refractivity contribution in [2.45, 2.75) is 0 Å². The van der Waals surface area contributed by atoms with Crippen LogP contribution < -0.4 is 8.32 Å². The topological polar surface area (TPSA) is 91.7 Å². The van der Waals surface area contributed by atoms with Gasteiger partial charge in [-0.25, -0.2) is 0 Å². The van der Waals surface area contributed by atoms with Crippen LogP contribution >= 0.6 is 0 Å². The molecular weight excluding hydrogens is 168 g/mol. The Bertz CT molecular complexity index is 28.5. The third kappa shape index (κ3) is 120. The molecular formula is Cr2O4. The van der Waals surface area contributed by atoms with Crippen molar-refractivity contribution in [3.05, 3.63) is 0 Å². The predicted molar refractivity (Wildman–Crippen MR) is 1.37 cm³/mol. The van der Waals surface area contributed by atoms with Crippen LogP contribution in [0.1, 0.15) is 0 Å². The summed E-state index contributed by atoms with van der Waals surface area (Å²) in [5.41, 5.74) is 0. The van der Waals surface area contributed by atoms with E-state index in [2.05, 4.69) is 0 Å². The van der Waals surface area contributed by atoms with Crippen LogP contribution in [0, 0.1) is 0 Å². The van der Waals surface area contributed by atoms with Crippen LogP contribution in [0.3, 0.4) is 0 Å². The van der Waals surface area contributed by atoms with Gasteiger partial charge in [-0.1, -0.05) is 0 Å². The molecule has 0 aromatic carbocycles.